The van der Waals surface area contributed by atoms with E-state index in [4.69, 9.17) is 5.73 Å². The van der Waals surface area contributed by atoms with Crippen molar-refractivity contribution in [1.82, 2.24) is 0 Å². The van der Waals surface area contributed by atoms with Crippen LogP contribution < -0.4 is 11.1 Å². The van der Waals surface area contributed by atoms with Crippen molar-refractivity contribution in [3.05, 3.63) is 54.1 Å². The van der Waals surface area contributed by atoms with Crippen LogP contribution in [0.2, 0.25) is 0 Å². The van der Waals surface area contributed by atoms with Gasteiger partial charge in [0, 0.05) is 11.3 Å². The summed E-state index contributed by atoms with van der Waals surface area (Å²) in [5, 5.41) is 2.85. The van der Waals surface area contributed by atoms with Crippen LogP contribution in [0.5, 0.6) is 0 Å². The van der Waals surface area contributed by atoms with Gasteiger partial charge in [0.05, 0.1) is 23.5 Å². The number of anilines is 2. The fraction of sp³-hybridized carbons (Fsp3) is 0.0667. The highest BCUT2D eigenvalue weighted by Gasteiger charge is 2.17. The van der Waals surface area contributed by atoms with Crippen LogP contribution in [0.4, 0.5) is 17.1 Å². The van der Waals surface area contributed by atoms with Gasteiger partial charge in [-0.1, -0.05) is 30.3 Å². The van der Waals surface area contributed by atoms with Crippen molar-refractivity contribution in [2.75, 3.05) is 11.1 Å². The lowest BCUT2D eigenvalue weighted by Gasteiger charge is -2.06. The van der Waals surface area contributed by atoms with Crippen molar-refractivity contribution in [2.45, 2.75) is 6.42 Å². The van der Waals surface area contributed by atoms with Gasteiger partial charge in [-0.3, -0.25) is 9.79 Å². The highest BCUT2D eigenvalue weighted by atomic mass is 16.1. The molecule has 0 aromatic heterocycles. The molecular weight excluding hydrogens is 238 g/mol. The molecule has 0 aliphatic carbocycles. The number of fused-ring (bicyclic) bond motifs is 1. The Bertz CT molecular complexity index is 677. The Morgan fingerprint density at radius 3 is 2.63 bits per heavy atom. The Hall–Kier alpha value is -2.62. The van der Waals surface area contributed by atoms with Crippen LogP contribution in [0.3, 0.4) is 0 Å². The SMILES string of the molecule is Nc1ccccc1C1=Nc2ccccc2NC(=O)C1. The van der Waals surface area contributed by atoms with Crippen LogP contribution in [0.25, 0.3) is 0 Å². The largest absolute Gasteiger partial charge is 0.398 e. The molecule has 1 aliphatic rings. The topological polar surface area (TPSA) is 67.5 Å². The van der Waals surface area contributed by atoms with Gasteiger partial charge in [-0.15, -0.1) is 0 Å². The summed E-state index contributed by atoms with van der Waals surface area (Å²) in [5.74, 6) is -0.0769. The third kappa shape index (κ3) is 2.20. The summed E-state index contributed by atoms with van der Waals surface area (Å²) < 4.78 is 0. The number of rotatable bonds is 1. The van der Waals surface area contributed by atoms with Crippen molar-refractivity contribution in [1.29, 1.82) is 0 Å². The van der Waals surface area contributed by atoms with Crippen molar-refractivity contribution in [3.8, 4) is 0 Å². The lowest BCUT2D eigenvalue weighted by atomic mass is 10.1. The number of nitrogen functional groups attached to an aromatic ring is 1. The second kappa shape index (κ2) is 4.57. The van der Waals surface area contributed by atoms with Crippen LogP contribution in [-0.2, 0) is 4.79 Å². The zero-order valence-corrected chi connectivity index (χ0v) is 10.3. The van der Waals surface area contributed by atoms with Crippen LogP contribution in [-0.4, -0.2) is 11.6 Å². The normalized spacial score (nSPS) is 14.1. The minimum absolute atomic E-state index is 0.0769. The lowest BCUT2D eigenvalue weighted by Crippen LogP contribution is -2.15. The van der Waals surface area contributed by atoms with E-state index in [1.54, 1.807) is 0 Å². The van der Waals surface area contributed by atoms with Gasteiger partial charge < -0.3 is 11.1 Å². The number of nitrogens with two attached hydrogens (primary N) is 1. The zero-order valence-electron chi connectivity index (χ0n) is 10.3. The van der Waals surface area contributed by atoms with Crippen LogP contribution >= 0.6 is 0 Å². The van der Waals surface area contributed by atoms with Crippen molar-refractivity contribution in [2.24, 2.45) is 4.99 Å². The highest BCUT2D eigenvalue weighted by Crippen LogP contribution is 2.29. The van der Waals surface area contributed by atoms with Gasteiger partial charge in [0.2, 0.25) is 5.91 Å². The molecule has 94 valence electrons. The van der Waals surface area contributed by atoms with Gasteiger partial charge in [0.1, 0.15) is 0 Å². The minimum atomic E-state index is -0.0769. The van der Waals surface area contributed by atoms with Gasteiger partial charge in [-0.2, -0.15) is 0 Å². The first-order valence-electron chi connectivity index (χ1n) is 6.05. The van der Waals surface area contributed by atoms with E-state index in [0.29, 0.717) is 11.4 Å². The number of para-hydroxylation sites is 3. The number of carbonyl (C=O) groups is 1. The minimum Gasteiger partial charge on any atom is -0.398 e. The summed E-state index contributed by atoms with van der Waals surface area (Å²) in [6.07, 6.45) is 0.225. The lowest BCUT2D eigenvalue weighted by molar-refractivity contribution is -0.115. The summed E-state index contributed by atoms with van der Waals surface area (Å²) in [6, 6.07) is 14.9. The first kappa shape index (κ1) is 11.5. The predicted molar refractivity (Wildman–Crippen MR) is 76.7 cm³/mol. The van der Waals surface area contributed by atoms with E-state index in [1.807, 2.05) is 48.5 Å². The van der Waals surface area contributed by atoms with E-state index >= 15 is 0 Å². The molecule has 0 saturated carbocycles. The summed E-state index contributed by atoms with van der Waals surface area (Å²) in [7, 11) is 0. The van der Waals surface area contributed by atoms with Crippen molar-refractivity contribution in [3.63, 3.8) is 0 Å². The number of nitrogens with one attached hydrogen (secondary N) is 1. The highest BCUT2D eigenvalue weighted by molar-refractivity contribution is 6.18. The Kier molecular flexibility index (Phi) is 2.76. The second-order valence-corrected chi connectivity index (χ2v) is 4.39. The van der Waals surface area contributed by atoms with Crippen LogP contribution in [0, 0.1) is 0 Å². The van der Waals surface area contributed by atoms with Crippen molar-refractivity contribution >= 4 is 28.7 Å². The molecule has 3 N–H and O–H groups in total. The monoisotopic (exact) mass is 251 g/mol. The summed E-state index contributed by atoms with van der Waals surface area (Å²) in [4.78, 5) is 16.5. The first-order valence-corrected chi connectivity index (χ1v) is 6.05. The number of carbonyl (C=O) groups excluding carboxylic acids is 1. The second-order valence-electron chi connectivity index (χ2n) is 4.39. The van der Waals surface area contributed by atoms with E-state index in [9.17, 15) is 4.79 Å². The molecule has 4 nitrogen and oxygen atoms in total. The van der Waals surface area contributed by atoms with E-state index in [0.717, 1.165) is 16.9 Å². The molecule has 2 aromatic rings. The Labute approximate surface area is 111 Å². The van der Waals surface area contributed by atoms with Gasteiger partial charge >= 0.3 is 0 Å². The molecule has 4 heteroatoms. The Morgan fingerprint density at radius 2 is 1.79 bits per heavy atom. The number of hydrogen-bond donors (Lipinski definition) is 2. The molecule has 19 heavy (non-hydrogen) atoms. The standard InChI is InChI=1S/C15H13N3O/c16-11-6-2-1-5-10(11)14-9-15(19)18-13-8-4-3-7-12(13)17-14/h1-8H,9,16H2,(H,18,19). The molecule has 0 atom stereocenters. The smallest absolute Gasteiger partial charge is 0.230 e. The fourth-order valence-corrected chi connectivity index (χ4v) is 2.12. The Morgan fingerprint density at radius 1 is 1.05 bits per heavy atom. The van der Waals surface area contributed by atoms with Gasteiger partial charge in [0.15, 0.2) is 0 Å². The number of amides is 1. The van der Waals surface area contributed by atoms with E-state index < -0.39 is 0 Å². The molecule has 1 amide bonds. The zero-order chi connectivity index (χ0) is 13.2. The predicted octanol–water partition coefficient (Wildman–Crippen LogP) is 2.73. The third-order valence-electron chi connectivity index (χ3n) is 3.03. The molecule has 3 rings (SSSR count). The van der Waals surface area contributed by atoms with Crippen molar-refractivity contribution < 1.29 is 4.79 Å². The quantitative estimate of drug-likeness (QED) is 0.765. The maximum Gasteiger partial charge on any atom is 0.230 e. The summed E-state index contributed by atoms with van der Waals surface area (Å²) >= 11 is 0. The maximum atomic E-state index is 11.9. The molecule has 0 spiro atoms. The van der Waals surface area contributed by atoms with Gasteiger partial charge in [-0.05, 0) is 18.2 Å². The number of hydrogen-bond acceptors (Lipinski definition) is 3. The van der Waals surface area contributed by atoms with Gasteiger partial charge in [-0.25, -0.2) is 0 Å². The fourth-order valence-electron chi connectivity index (χ4n) is 2.12. The average molecular weight is 251 g/mol. The van der Waals surface area contributed by atoms with Crippen LogP contribution in [0.1, 0.15) is 12.0 Å². The summed E-state index contributed by atoms with van der Waals surface area (Å²) in [6.45, 7) is 0. The first-order chi connectivity index (χ1) is 9.24. The molecule has 1 aliphatic heterocycles. The van der Waals surface area contributed by atoms with Crippen LogP contribution in [0.15, 0.2) is 53.5 Å². The third-order valence-corrected chi connectivity index (χ3v) is 3.03. The molecule has 0 fully saturated rings. The van der Waals surface area contributed by atoms with E-state index in [1.165, 1.54) is 0 Å². The average Bonchev–Trinajstić information content (AvgIpc) is 2.57. The molecule has 0 bridgehead atoms. The molecule has 0 saturated heterocycles. The molecule has 2 aromatic carbocycles. The number of nitrogens with zero attached hydrogens (tertiary/aromatic N) is 1. The molecule has 0 radical (unpaired) electrons. The number of benzene rings is 2. The molecule has 0 unspecified atom stereocenters. The maximum absolute atomic E-state index is 11.9. The Balaban J connectivity index is 2.14. The number of aliphatic imine (C=N–C) groups is 1. The van der Waals surface area contributed by atoms with E-state index in [2.05, 4.69) is 10.3 Å². The van der Waals surface area contributed by atoms with E-state index in [-0.39, 0.29) is 12.3 Å². The summed E-state index contributed by atoms with van der Waals surface area (Å²) in [5.41, 5.74) is 9.59. The molecular formula is C15H13N3O. The van der Waals surface area contributed by atoms with Gasteiger partial charge in [0.25, 0.3) is 0 Å². The molecule has 1 heterocycles.